The first-order chi connectivity index (χ1) is 10.1. The average molecular weight is 292 g/mol. The molecule has 0 saturated heterocycles. The van der Waals surface area contributed by atoms with E-state index in [9.17, 15) is 9.59 Å². The highest BCUT2D eigenvalue weighted by Crippen LogP contribution is 2.22. The average Bonchev–Trinajstić information content (AvgIpc) is 2.48. The van der Waals surface area contributed by atoms with Crippen LogP contribution in [0.5, 0.6) is 5.88 Å². The summed E-state index contributed by atoms with van der Waals surface area (Å²) in [6.07, 6.45) is 7.22. The number of amides is 1. The van der Waals surface area contributed by atoms with Gasteiger partial charge in [-0.25, -0.2) is 4.98 Å². The lowest BCUT2D eigenvalue weighted by Gasteiger charge is -2.22. The fraction of sp³-hybridized carbons (Fsp3) is 0.533. The summed E-state index contributed by atoms with van der Waals surface area (Å²) in [7, 11) is 0. The second kappa shape index (κ2) is 7.06. The van der Waals surface area contributed by atoms with Crippen molar-refractivity contribution in [1.29, 1.82) is 0 Å². The van der Waals surface area contributed by atoms with E-state index in [1.54, 1.807) is 6.07 Å². The highest BCUT2D eigenvalue weighted by molar-refractivity contribution is 5.96. The minimum absolute atomic E-state index is 0.155. The van der Waals surface area contributed by atoms with Crippen LogP contribution in [-0.2, 0) is 4.79 Å². The van der Waals surface area contributed by atoms with E-state index in [1.165, 1.54) is 25.6 Å². The van der Waals surface area contributed by atoms with Gasteiger partial charge < -0.3 is 15.2 Å². The van der Waals surface area contributed by atoms with Crippen LogP contribution < -0.4 is 10.1 Å². The standard InChI is InChI=1S/C15H20N2O4/c1-10(15(19)20)17-14(18)11-7-8-16-13(9-11)21-12-5-3-2-4-6-12/h7-10,12H,2-6H2,1H3,(H,17,18)(H,19,20)/t10-/m0/s1. The monoisotopic (exact) mass is 292 g/mol. The molecule has 0 unspecified atom stereocenters. The Kier molecular flexibility index (Phi) is 5.14. The number of nitrogens with one attached hydrogen (secondary N) is 1. The lowest BCUT2D eigenvalue weighted by molar-refractivity contribution is -0.138. The number of carboxylic acid groups (broad SMARTS) is 1. The molecule has 21 heavy (non-hydrogen) atoms. The van der Waals surface area contributed by atoms with E-state index in [-0.39, 0.29) is 6.10 Å². The second-order valence-corrected chi connectivity index (χ2v) is 5.29. The minimum atomic E-state index is -1.07. The van der Waals surface area contributed by atoms with Crippen LogP contribution in [0, 0.1) is 0 Å². The highest BCUT2D eigenvalue weighted by atomic mass is 16.5. The van der Waals surface area contributed by atoms with Crippen LogP contribution in [0.3, 0.4) is 0 Å². The Hall–Kier alpha value is -2.11. The Balaban J connectivity index is 1.99. The molecule has 0 radical (unpaired) electrons. The molecule has 1 atom stereocenters. The molecule has 0 aliphatic heterocycles. The van der Waals surface area contributed by atoms with E-state index in [2.05, 4.69) is 10.3 Å². The predicted octanol–water partition coefficient (Wildman–Crippen LogP) is 2.00. The molecule has 1 aromatic heterocycles. The molecular weight excluding hydrogens is 272 g/mol. The van der Waals surface area contributed by atoms with Crippen LogP contribution in [0.4, 0.5) is 0 Å². The Morgan fingerprint density at radius 3 is 2.76 bits per heavy atom. The Morgan fingerprint density at radius 2 is 2.10 bits per heavy atom. The summed E-state index contributed by atoms with van der Waals surface area (Å²) in [6.45, 7) is 1.42. The number of carboxylic acids is 1. The summed E-state index contributed by atoms with van der Waals surface area (Å²) >= 11 is 0. The molecular formula is C15H20N2O4. The van der Waals surface area contributed by atoms with E-state index >= 15 is 0 Å². The van der Waals surface area contributed by atoms with Gasteiger partial charge in [-0.05, 0) is 38.7 Å². The smallest absolute Gasteiger partial charge is 0.325 e. The number of aromatic nitrogens is 1. The molecule has 2 N–H and O–H groups in total. The molecule has 2 rings (SSSR count). The highest BCUT2D eigenvalue weighted by Gasteiger charge is 2.18. The largest absolute Gasteiger partial charge is 0.480 e. The van der Waals surface area contributed by atoms with Gasteiger partial charge in [0.05, 0.1) is 0 Å². The number of nitrogens with zero attached hydrogens (tertiary/aromatic N) is 1. The Morgan fingerprint density at radius 1 is 1.38 bits per heavy atom. The van der Waals surface area contributed by atoms with Crippen molar-refractivity contribution in [2.24, 2.45) is 0 Å². The first-order valence-electron chi connectivity index (χ1n) is 7.22. The van der Waals surface area contributed by atoms with Gasteiger partial charge in [0.25, 0.3) is 5.91 Å². The van der Waals surface area contributed by atoms with Crippen LogP contribution >= 0.6 is 0 Å². The van der Waals surface area contributed by atoms with Gasteiger partial charge in [-0.15, -0.1) is 0 Å². The maximum absolute atomic E-state index is 11.9. The molecule has 1 heterocycles. The zero-order chi connectivity index (χ0) is 15.2. The van der Waals surface area contributed by atoms with Crippen molar-refractivity contribution in [2.75, 3.05) is 0 Å². The third-order valence-corrected chi connectivity index (χ3v) is 3.55. The maximum atomic E-state index is 11.9. The van der Waals surface area contributed by atoms with E-state index in [0.717, 1.165) is 25.7 Å². The normalized spacial score (nSPS) is 17.0. The van der Waals surface area contributed by atoms with Crippen molar-refractivity contribution in [2.45, 2.75) is 51.2 Å². The molecule has 0 spiro atoms. The van der Waals surface area contributed by atoms with Gasteiger partial charge in [0.15, 0.2) is 0 Å². The molecule has 1 aromatic rings. The van der Waals surface area contributed by atoms with Gasteiger partial charge in [-0.3, -0.25) is 9.59 Å². The van der Waals surface area contributed by atoms with Crippen LogP contribution in [0.1, 0.15) is 49.4 Å². The SMILES string of the molecule is C[C@H](NC(=O)c1ccnc(OC2CCCCC2)c1)C(=O)O. The van der Waals surface area contributed by atoms with Gasteiger partial charge in [-0.2, -0.15) is 0 Å². The van der Waals surface area contributed by atoms with E-state index < -0.39 is 17.9 Å². The van der Waals surface area contributed by atoms with Crippen molar-refractivity contribution >= 4 is 11.9 Å². The molecule has 114 valence electrons. The van der Waals surface area contributed by atoms with Crippen LogP contribution in [-0.4, -0.2) is 34.1 Å². The summed E-state index contributed by atoms with van der Waals surface area (Å²) < 4.78 is 5.79. The summed E-state index contributed by atoms with van der Waals surface area (Å²) in [5, 5.41) is 11.2. The second-order valence-electron chi connectivity index (χ2n) is 5.29. The Bertz CT molecular complexity index is 512. The summed E-state index contributed by atoms with van der Waals surface area (Å²) in [6, 6.07) is 2.16. The third-order valence-electron chi connectivity index (χ3n) is 3.55. The number of ether oxygens (including phenoxy) is 1. The van der Waals surface area contributed by atoms with Gasteiger partial charge in [0.1, 0.15) is 12.1 Å². The van der Waals surface area contributed by atoms with Gasteiger partial charge in [-0.1, -0.05) is 6.42 Å². The molecule has 1 aliphatic carbocycles. The van der Waals surface area contributed by atoms with Crippen molar-refractivity contribution < 1.29 is 19.4 Å². The van der Waals surface area contributed by atoms with Gasteiger partial charge in [0.2, 0.25) is 5.88 Å². The van der Waals surface area contributed by atoms with Crippen molar-refractivity contribution in [3.8, 4) is 5.88 Å². The number of pyridine rings is 1. The summed E-state index contributed by atoms with van der Waals surface area (Å²) in [5.74, 6) is -1.10. The van der Waals surface area contributed by atoms with E-state index in [0.29, 0.717) is 11.4 Å². The fourth-order valence-electron chi connectivity index (χ4n) is 2.31. The van der Waals surface area contributed by atoms with Crippen LogP contribution in [0.15, 0.2) is 18.3 Å². The van der Waals surface area contributed by atoms with Gasteiger partial charge in [0, 0.05) is 17.8 Å². The number of carbonyl (C=O) groups excluding carboxylic acids is 1. The molecule has 6 heteroatoms. The molecule has 0 aromatic carbocycles. The quantitative estimate of drug-likeness (QED) is 0.866. The lowest BCUT2D eigenvalue weighted by atomic mass is 9.98. The number of rotatable bonds is 5. The molecule has 1 aliphatic rings. The fourth-order valence-corrected chi connectivity index (χ4v) is 2.31. The van der Waals surface area contributed by atoms with E-state index in [1.807, 2.05) is 0 Å². The van der Waals surface area contributed by atoms with Crippen molar-refractivity contribution in [3.05, 3.63) is 23.9 Å². The zero-order valence-electron chi connectivity index (χ0n) is 12.0. The number of carbonyl (C=O) groups is 2. The maximum Gasteiger partial charge on any atom is 0.325 e. The third kappa shape index (κ3) is 4.44. The molecule has 1 fully saturated rings. The molecule has 6 nitrogen and oxygen atoms in total. The molecule has 1 saturated carbocycles. The van der Waals surface area contributed by atoms with E-state index in [4.69, 9.17) is 9.84 Å². The first-order valence-corrected chi connectivity index (χ1v) is 7.22. The lowest BCUT2D eigenvalue weighted by Crippen LogP contribution is -2.38. The number of hydrogen-bond donors (Lipinski definition) is 2. The predicted molar refractivity (Wildman–Crippen MR) is 76.3 cm³/mol. The van der Waals surface area contributed by atoms with Crippen molar-refractivity contribution in [3.63, 3.8) is 0 Å². The number of hydrogen-bond acceptors (Lipinski definition) is 4. The zero-order valence-corrected chi connectivity index (χ0v) is 12.0. The van der Waals surface area contributed by atoms with Crippen LogP contribution in [0.2, 0.25) is 0 Å². The molecule has 0 bridgehead atoms. The number of aliphatic carboxylic acids is 1. The summed E-state index contributed by atoms with van der Waals surface area (Å²) in [4.78, 5) is 26.8. The Labute approximate surface area is 123 Å². The topological polar surface area (TPSA) is 88.5 Å². The molecule has 1 amide bonds. The first kappa shape index (κ1) is 15.3. The van der Waals surface area contributed by atoms with Gasteiger partial charge >= 0.3 is 5.97 Å². The summed E-state index contributed by atoms with van der Waals surface area (Å²) in [5.41, 5.74) is 0.351. The minimum Gasteiger partial charge on any atom is -0.480 e. The van der Waals surface area contributed by atoms with Crippen molar-refractivity contribution in [1.82, 2.24) is 10.3 Å². The van der Waals surface area contributed by atoms with Crippen LogP contribution in [0.25, 0.3) is 0 Å².